The SMILES string of the molecule is COc1ccccc1-c1nn(Cc2ccccc2)cc1/C=N\NC(C)=O. The van der Waals surface area contributed by atoms with Gasteiger partial charge in [0, 0.05) is 24.2 Å². The highest BCUT2D eigenvalue weighted by Crippen LogP contribution is 2.30. The zero-order valence-corrected chi connectivity index (χ0v) is 14.7. The molecule has 0 fully saturated rings. The summed E-state index contributed by atoms with van der Waals surface area (Å²) in [6, 6.07) is 17.8. The molecule has 1 N–H and O–H groups in total. The van der Waals surface area contributed by atoms with Gasteiger partial charge >= 0.3 is 0 Å². The predicted octanol–water partition coefficient (Wildman–Crippen LogP) is 3.08. The van der Waals surface area contributed by atoms with E-state index in [1.807, 2.05) is 53.3 Å². The molecule has 26 heavy (non-hydrogen) atoms. The van der Waals surface area contributed by atoms with E-state index >= 15 is 0 Å². The summed E-state index contributed by atoms with van der Waals surface area (Å²) in [7, 11) is 1.63. The number of rotatable bonds is 6. The van der Waals surface area contributed by atoms with E-state index in [9.17, 15) is 4.79 Å². The second-order valence-corrected chi connectivity index (χ2v) is 5.74. The maximum atomic E-state index is 11.1. The number of amides is 1. The second-order valence-electron chi connectivity index (χ2n) is 5.74. The summed E-state index contributed by atoms with van der Waals surface area (Å²) in [5.74, 6) is 0.503. The van der Waals surface area contributed by atoms with E-state index in [0.717, 1.165) is 28.1 Å². The lowest BCUT2D eigenvalue weighted by Gasteiger charge is -2.06. The van der Waals surface area contributed by atoms with Crippen LogP contribution in [-0.2, 0) is 11.3 Å². The first-order chi connectivity index (χ1) is 12.7. The minimum atomic E-state index is -0.225. The number of nitrogens with zero attached hydrogens (tertiary/aromatic N) is 3. The average molecular weight is 348 g/mol. The van der Waals surface area contributed by atoms with E-state index in [-0.39, 0.29) is 5.91 Å². The van der Waals surface area contributed by atoms with Gasteiger partial charge < -0.3 is 4.74 Å². The van der Waals surface area contributed by atoms with Gasteiger partial charge in [-0.2, -0.15) is 10.2 Å². The zero-order chi connectivity index (χ0) is 18.4. The Morgan fingerprint density at radius 1 is 1.19 bits per heavy atom. The molecule has 0 atom stereocenters. The minimum Gasteiger partial charge on any atom is -0.496 e. The van der Waals surface area contributed by atoms with Crippen molar-refractivity contribution in [3.63, 3.8) is 0 Å². The molecule has 1 heterocycles. The van der Waals surface area contributed by atoms with Gasteiger partial charge in [-0.1, -0.05) is 42.5 Å². The largest absolute Gasteiger partial charge is 0.496 e. The summed E-state index contributed by atoms with van der Waals surface area (Å²) < 4.78 is 7.31. The van der Waals surface area contributed by atoms with Crippen LogP contribution in [0.25, 0.3) is 11.3 Å². The van der Waals surface area contributed by atoms with Crippen molar-refractivity contribution in [3.8, 4) is 17.0 Å². The second kappa shape index (κ2) is 8.11. The van der Waals surface area contributed by atoms with E-state index in [2.05, 4.69) is 22.7 Å². The van der Waals surface area contributed by atoms with Gasteiger partial charge in [-0.25, -0.2) is 5.43 Å². The number of nitrogens with one attached hydrogen (secondary N) is 1. The van der Waals surface area contributed by atoms with Crippen molar-refractivity contribution >= 4 is 12.1 Å². The third kappa shape index (κ3) is 4.16. The topological polar surface area (TPSA) is 68.5 Å². The third-order valence-corrected chi connectivity index (χ3v) is 3.77. The molecule has 0 aliphatic rings. The number of methoxy groups -OCH3 is 1. The van der Waals surface area contributed by atoms with E-state index in [0.29, 0.717) is 6.54 Å². The predicted molar refractivity (Wildman–Crippen MR) is 101 cm³/mol. The summed E-state index contributed by atoms with van der Waals surface area (Å²) in [4.78, 5) is 11.1. The Morgan fingerprint density at radius 2 is 1.92 bits per heavy atom. The maximum absolute atomic E-state index is 11.1. The van der Waals surface area contributed by atoms with Gasteiger partial charge in [-0.05, 0) is 17.7 Å². The molecule has 0 radical (unpaired) electrons. The van der Waals surface area contributed by atoms with Crippen LogP contribution in [0, 0.1) is 0 Å². The molecule has 3 aromatic rings. The summed E-state index contributed by atoms with van der Waals surface area (Å²) in [5.41, 5.74) is 5.97. The van der Waals surface area contributed by atoms with E-state index in [4.69, 9.17) is 9.84 Å². The van der Waals surface area contributed by atoms with Crippen molar-refractivity contribution in [2.75, 3.05) is 7.11 Å². The molecular formula is C20H20N4O2. The van der Waals surface area contributed by atoms with E-state index in [1.165, 1.54) is 6.92 Å². The van der Waals surface area contributed by atoms with Crippen LogP contribution in [0.15, 0.2) is 65.9 Å². The van der Waals surface area contributed by atoms with Crippen LogP contribution in [0.3, 0.4) is 0 Å². The summed E-state index contributed by atoms with van der Waals surface area (Å²) in [6.07, 6.45) is 3.50. The normalized spacial score (nSPS) is 10.8. The van der Waals surface area contributed by atoms with Gasteiger partial charge in [0.05, 0.1) is 19.9 Å². The van der Waals surface area contributed by atoms with Crippen molar-refractivity contribution in [2.45, 2.75) is 13.5 Å². The molecule has 0 aliphatic carbocycles. The molecule has 132 valence electrons. The van der Waals surface area contributed by atoms with Gasteiger partial charge in [0.2, 0.25) is 5.91 Å². The van der Waals surface area contributed by atoms with Crippen LogP contribution in [-0.4, -0.2) is 29.0 Å². The highest BCUT2D eigenvalue weighted by Gasteiger charge is 2.14. The molecule has 0 aliphatic heterocycles. The van der Waals surface area contributed by atoms with Gasteiger partial charge in [0.25, 0.3) is 0 Å². The molecule has 1 amide bonds. The smallest absolute Gasteiger partial charge is 0.236 e. The fourth-order valence-corrected chi connectivity index (χ4v) is 2.63. The molecule has 0 unspecified atom stereocenters. The highest BCUT2D eigenvalue weighted by molar-refractivity contribution is 5.90. The Labute approximate surface area is 152 Å². The standard InChI is InChI=1S/C20H20N4O2/c1-15(25)22-21-12-17-14-24(13-16-8-4-3-5-9-16)23-20(17)18-10-6-7-11-19(18)26-2/h3-12,14H,13H2,1-2H3,(H,22,25)/b21-12-. The van der Waals surface area contributed by atoms with E-state index in [1.54, 1.807) is 13.3 Å². The van der Waals surface area contributed by atoms with Crippen LogP contribution >= 0.6 is 0 Å². The fraction of sp³-hybridized carbons (Fsp3) is 0.150. The molecule has 0 spiro atoms. The maximum Gasteiger partial charge on any atom is 0.236 e. The zero-order valence-electron chi connectivity index (χ0n) is 14.7. The number of hydrogen-bond acceptors (Lipinski definition) is 4. The number of hydrazone groups is 1. The summed E-state index contributed by atoms with van der Waals surface area (Å²) >= 11 is 0. The summed E-state index contributed by atoms with van der Waals surface area (Å²) in [5, 5.41) is 8.70. The lowest BCUT2D eigenvalue weighted by Crippen LogP contribution is -2.12. The number of carbonyl (C=O) groups is 1. The minimum absolute atomic E-state index is 0.225. The van der Waals surface area contributed by atoms with Crippen LogP contribution < -0.4 is 10.2 Å². The number of para-hydroxylation sites is 1. The molecule has 6 nitrogen and oxygen atoms in total. The van der Waals surface area contributed by atoms with Crippen LogP contribution in [0.5, 0.6) is 5.75 Å². The molecular weight excluding hydrogens is 328 g/mol. The van der Waals surface area contributed by atoms with Crippen LogP contribution in [0.2, 0.25) is 0 Å². The Balaban J connectivity index is 2.00. The number of ether oxygens (including phenoxy) is 1. The lowest BCUT2D eigenvalue weighted by atomic mass is 10.1. The first-order valence-corrected chi connectivity index (χ1v) is 8.22. The molecule has 2 aromatic carbocycles. The fourth-order valence-electron chi connectivity index (χ4n) is 2.63. The highest BCUT2D eigenvalue weighted by atomic mass is 16.5. The molecule has 6 heteroatoms. The van der Waals surface area contributed by atoms with Crippen molar-refractivity contribution in [1.82, 2.24) is 15.2 Å². The van der Waals surface area contributed by atoms with Gasteiger partial charge in [0.1, 0.15) is 11.4 Å². The van der Waals surface area contributed by atoms with Gasteiger partial charge in [-0.15, -0.1) is 0 Å². The van der Waals surface area contributed by atoms with Crippen LogP contribution in [0.4, 0.5) is 0 Å². The number of aromatic nitrogens is 2. The first-order valence-electron chi connectivity index (χ1n) is 8.22. The van der Waals surface area contributed by atoms with Crippen molar-refractivity contribution < 1.29 is 9.53 Å². The van der Waals surface area contributed by atoms with Gasteiger partial charge in [0.15, 0.2) is 0 Å². The Hall–Kier alpha value is -3.41. The van der Waals surface area contributed by atoms with Gasteiger partial charge in [-0.3, -0.25) is 9.48 Å². The van der Waals surface area contributed by atoms with E-state index < -0.39 is 0 Å². The average Bonchev–Trinajstić information content (AvgIpc) is 3.04. The Bertz CT molecular complexity index is 917. The quantitative estimate of drug-likeness (QED) is 0.550. The molecule has 0 saturated heterocycles. The number of carbonyl (C=O) groups excluding carboxylic acids is 1. The monoisotopic (exact) mass is 348 g/mol. The molecule has 3 rings (SSSR count). The van der Waals surface area contributed by atoms with Crippen LogP contribution in [0.1, 0.15) is 18.1 Å². The van der Waals surface area contributed by atoms with Crippen molar-refractivity contribution in [1.29, 1.82) is 0 Å². The third-order valence-electron chi connectivity index (χ3n) is 3.77. The lowest BCUT2D eigenvalue weighted by molar-refractivity contribution is -0.118. The number of hydrogen-bond donors (Lipinski definition) is 1. The molecule has 0 saturated carbocycles. The molecule has 0 bridgehead atoms. The summed E-state index contributed by atoms with van der Waals surface area (Å²) in [6.45, 7) is 2.05. The first kappa shape index (κ1) is 17.4. The number of benzene rings is 2. The van der Waals surface area contributed by atoms with Crippen molar-refractivity contribution in [2.24, 2.45) is 5.10 Å². The Morgan fingerprint density at radius 3 is 2.65 bits per heavy atom. The van der Waals surface area contributed by atoms with Crippen molar-refractivity contribution in [3.05, 3.63) is 71.9 Å². The Kier molecular flexibility index (Phi) is 5.43. The molecule has 1 aromatic heterocycles.